The van der Waals surface area contributed by atoms with Gasteiger partial charge in [0.15, 0.2) is 16.7 Å². The number of aromatic nitrogens is 2. The SMILES string of the molecule is [C-]#[N+]c1c(-c2ccccc2)c(C#N)c(-n2c3c(C)cccc3c3ccc4c5ccccc5oc4c32)c(-c2ccccc2)c1-n1c2c(ccc3c4ccccc4oc32)c2ccc3c4ccccc4oc3c21. The lowest BCUT2D eigenvalue weighted by atomic mass is 9.88. The van der Waals surface area contributed by atoms with Gasteiger partial charge in [0.05, 0.1) is 45.6 Å². The molecule has 0 amide bonds. The lowest BCUT2D eigenvalue weighted by molar-refractivity contribution is 0.669. The number of para-hydroxylation sites is 4. The molecule has 7 heteroatoms. The molecule has 0 aliphatic carbocycles. The first-order valence-electron chi connectivity index (χ1n) is 23.3. The predicted molar refractivity (Wildman–Crippen MR) is 284 cm³/mol. The largest absolute Gasteiger partial charge is 0.454 e. The van der Waals surface area contributed by atoms with Crippen molar-refractivity contribution in [1.29, 1.82) is 5.26 Å². The molecule has 0 saturated carbocycles. The number of rotatable bonds is 4. The second-order valence-electron chi connectivity index (χ2n) is 18.1. The first-order valence-corrected chi connectivity index (χ1v) is 23.3. The third-order valence-electron chi connectivity index (χ3n) is 14.5. The normalized spacial score (nSPS) is 12.0. The maximum Gasteiger partial charge on any atom is 0.220 e. The number of fused-ring (bicyclic) bond motifs is 18. The zero-order valence-corrected chi connectivity index (χ0v) is 37.4. The molecule has 0 fully saturated rings. The lowest BCUT2D eigenvalue weighted by Gasteiger charge is -2.26. The van der Waals surface area contributed by atoms with Crippen molar-refractivity contribution in [2.75, 3.05) is 0 Å². The van der Waals surface area contributed by atoms with E-state index in [-0.39, 0.29) is 0 Å². The summed E-state index contributed by atoms with van der Waals surface area (Å²) in [5, 5.41) is 21.8. The number of hydrogen-bond acceptors (Lipinski definition) is 4. The van der Waals surface area contributed by atoms with Gasteiger partial charge >= 0.3 is 0 Å². The summed E-state index contributed by atoms with van der Waals surface area (Å²) in [6.45, 7) is 11.6. The highest BCUT2D eigenvalue weighted by atomic mass is 16.3. The summed E-state index contributed by atoms with van der Waals surface area (Å²) >= 11 is 0. The molecular formula is C63H34N4O3. The van der Waals surface area contributed by atoms with Gasteiger partial charge in [0, 0.05) is 65.0 Å². The van der Waals surface area contributed by atoms with E-state index in [1.807, 2.05) is 103 Å². The number of nitrogens with zero attached hydrogens (tertiary/aromatic N) is 4. The van der Waals surface area contributed by atoms with Crippen LogP contribution >= 0.6 is 0 Å². The lowest BCUT2D eigenvalue weighted by Crippen LogP contribution is -2.09. The summed E-state index contributed by atoms with van der Waals surface area (Å²) in [5.41, 5.74) is 13.4. The molecule has 15 aromatic rings. The smallest absolute Gasteiger partial charge is 0.220 e. The van der Waals surface area contributed by atoms with Crippen LogP contribution in [0.3, 0.4) is 0 Å². The zero-order chi connectivity index (χ0) is 46.4. The fraction of sp³-hybridized carbons (Fsp3) is 0.0159. The molecule has 0 bridgehead atoms. The molecule has 0 N–H and O–H groups in total. The Morgan fingerprint density at radius 3 is 1.24 bits per heavy atom. The maximum atomic E-state index is 12.1. The Kier molecular flexibility index (Phi) is 7.72. The van der Waals surface area contributed by atoms with Crippen molar-refractivity contribution in [3.05, 3.63) is 211 Å². The quantitative estimate of drug-likeness (QED) is 0.165. The fourth-order valence-corrected chi connectivity index (χ4v) is 11.6. The molecule has 0 spiro atoms. The van der Waals surface area contributed by atoms with Crippen molar-refractivity contribution in [1.82, 2.24) is 9.13 Å². The molecule has 5 aromatic heterocycles. The van der Waals surface area contributed by atoms with Crippen LogP contribution in [0.5, 0.6) is 0 Å². The summed E-state index contributed by atoms with van der Waals surface area (Å²) in [7, 11) is 0. The van der Waals surface area contributed by atoms with Crippen molar-refractivity contribution < 1.29 is 13.3 Å². The van der Waals surface area contributed by atoms with E-state index < -0.39 is 0 Å². The fourth-order valence-electron chi connectivity index (χ4n) is 11.6. The number of furan rings is 3. The van der Waals surface area contributed by atoms with Crippen LogP contribution in [0.25, 0.3) is 148 Å². The summed E-state index contributed by atoms with van der Waals surface area (Å²) in [5.74, 6) is 0. The molecule has 15 rings (SSSR count). The topological polar surface area (TPSA) is 77.4 Å². The van der Waals surface area contributed by atoms with Crippen LogP contribution in [0, 0.1) is 24.8 Å². The number of aryl methyl sites for hydroxylation is 1. The molecule has 324 valence electrons. The highest BCUT2D eigenvalue weighted by Gasteiger charge is 2.34. The second kappa shape index (κ2) is 14.1. The van der Waals surface area contributed by atoms with Gasteiger partial charge in [-0.15, -0.1) is 0 Å². The van der Waals surface area contributed by atoms with Crippen LogP contribution in [0.2, 0.25) is 0 Å². The molecule has 5 heterocycles. The molecule has 0 atom stereocenters. The van der Waals surface area contributed by atoms with E-state index in [0.29, 0.717) is 50.5 Å². The van der Waals surface area contributed by atoms with Crippen LogP contribution in [-0.2, 0) is 0 Å². The second-order valence-corrected chi connectivity index (χ2v) is 18.1. The first-order chi connectivity index (χ1) is 34.6. The van der Waals surface area contributed by atoms with Crippen LogP contribution in [0.1, 0.15) is 11.1 Å². The van der Waals surface area contributed by atoms with Crippen LogP contribution in [0.4, 0.5) is 5.69 Å². The van der Waals surface area contributed by atoms with Gasteiger partial charge in [-0.3, -0.25) is 0 Å². The van der Waals surface area contributed by atoms with E-state index in [0.717, 1.165) is 109 Å². The Balaban J connectivity index is 1.28. The average Bonchev–Trinajstić information content (AvgIpc) is 4.23. The van der Waals surface area contributed by atoms with E-state index in [1.54, 1.807) is 0 Å². The van der Waals surface area contributed by atoms with Gasteiger partial charge in [0.25, 0.3) is 0 Å². The molecule has 0 aliphatic heterocycles. The van der Waals surface area contributed by atoms with Crippen molar-refractivity contribution >= 4 is 115 Å². The summed E-state index contributed by atoms with van der Waals surface area (Å²) < 4.78 is 25.5. The number of hydrogen-bond donors (Lipinski definition) is 0. The Hall–Kier alpha value is -9.82. The Morgan fingerprint density at radius 2 is 0.786 bits per heavy atom. The Labute approximate surface area is 398 Å². The first kappa shape index (κ1) is 38.3. The van der Waals surface area contributed by atoms with E-state index in [2.05, 4.69) is 112 Å². The van der Waals surface area contributed by atoms with Gasteiger partial charge in [-0.2, -0.15) is 5.26 Å². The minimum Gasteiger partial charge on any atom is -0.454 e. The summed E-state index contributed by atoms with van der Waals surface area (Å²) in [6.07, 6.45) is 0. The van der Waals surface area contributed by atoms with E-state index >= 15 is 0 Å². The maximum absolute atomic E-state index is 12.1. The van der Waals surface area contributed by atoms with Crippen molar-refractivity contribution in [2.45, 2.75) is 6.92 Å². The number of nitriles is 1. The highest BCUT2D eigenvalue weighted by Crippen LogP contribution is 2.55. The van der Waals surface area contributed by atoms with Crippen LogP contribution in [0.15, 0.2) is 201 Å². The van der Waals surface area contributed by atoms with Gasteiger partial charge in [-0.1, -0.05) is 152 Å². The summed E-state index contributed by atoms with van der Waals surface area (Å²) in [6, 6.07) is 66.5. The van der Waals surface area contributed by atoms with E-state index in [4.69, 9.17) is 13.3 Å². The number of benzene rings is 10. The Bertz CT molecular complexity index is 4730. The molecule has 0 saturated heterocycles. The van der Waals surface area contributed by atoms with E-state index in [9.17, 15) is 11.8 Å². The van der Waals surface area contributed by atoms with Gasteiger partial charge in [-0.25, -0.2) is 4.85 Å². The van der Waals surface area contributed by atoms with E-state index in [1.165, 1.54) is 0 Å². The Morgan fingerprint density at radius 1 is 0.400 bits per heavy atom. The van der Waals surface area contributed by atoms with Crippen molar-refractivity contribution in [3.63, 3.8) is 0 Å². The van der Waals surface area contributed by atoms with Crippen molar-refractivity contribution in [3.8, 4) is 39.7 Å². The average molecular weight is 895 g/mol. The van der Waals surface area contributed by atoms with Crippen LogP contribution in [-0.4, -0.2) is 9.13 Å². The minimum absolute atomic E-state index is 0.316. The third-order valence-corrected chi connectivity index (χ3v) is 14.5. The third kappa shape index (κ3) is 4.94. The van der Waals surface area contributed by atoms with Gasteiger partial charge in [0.1, 0.15) is 22.8 Å². The molecule has 7 nitrogen and oxygen atoms in total. The molecule has 10 aromatic carbocycles. The minimum atomic E-state index is 0.316. The van der Waals surface area contributed by atoms with Gasteiger partial charge < -0.3 is 22.4 Å². The van der Waals surface area contributed by atoms with Crippen LogP contribution < -0.4 is 0 Å². The monoisotopic (exact) mass is 894 g/mol. The van der Waals surface area contributed by atoms with Gasteiger partial charge in [-0.05, 0) is 60.0 Å². The molecular weight excluding hydrogens is 861 g/mol. The van der Waals surface area contributed by atoms with Gasteiger partial charge in [0.2, 0.25) is 5.69 Å². The molecule has 0 aliphatic rings. The summed E-state index contributed by atoms with van der Waals surface area (Å²) in [4.78, 5) is 4.59. The molecule has 70 heavy (non-hydrogen) atoms. The molecule has 0 unspecified atom stereocenters. The zero-order valence-electron chi connectivity index (χ0n) is 37.4. The predicted octanol–water partition coefficient (Wildman–Crippen LogP) is 17.6. The molecule has 0 radical (unpaired) electrons. The van der Waals surface area contributed by atoms with Crippen molar-refractivity contribution in [2.24, 2.45) is 0 Å². The highest BCUT2D eigenvalue weighted by molar-refractivity contribution is 6.28. The standard InChI is InChI=1S/C63H34N4O3/c1-35-16-15-24-41-42-28-31-45-38-21-9-12-25-49(38)68-61(45)57(42)66(55(35)41)56-48(34-64)52(36-17-5-3-6-18-36)54(65-2)60(53(56)37-19-7-4-8-20-37)67-58-43(29-32-46-39-22-10-13-26-50(39)69-62(46)58)44-30-33-47-40-23-11-14-27-51(40)70-63(47)59(44)67/h3-33H,1H3.